The van der Waals surface area contributed by atoms with E-state index in [1.54, 1.807) is 18.2 Å². The van der Waals surface area contributed by atoms with Gasteiger partial charge < -0.3 is 14.5 Å². The van der Waals surface area contributed by atoms with Crippen molar-refractivity contribution in [1.29, 1.82) is 0 Å². The average Bonchev–Trinajstić information content (AvgIpc) is 2.17. The molecule has 7 nitrogen and oxygen atoms in total. The van der Waals surface area contributed by atoms with Crippen molar-refractivity contribution in [3.8, 4) is 0 Å². The van der Waals surface area contributed by atoms with Crippen molar-refractivity contribution < 1.29 is 24.4 Å². The van der Waals surface area contributed by atoms with Crippen LogP contribution in [0.2, 0.25) is 0 Å². The molecule has 0 amide bonds. The zero-order valence-electron chi connectivity index (χ0n) is 7.40. The van der Waals surface area contributed by atoms with Gasteiger partial charge in [0.15, 0.2) is 0 Å². The lowest BCUT2D eigenvalue weighted by Gasteiger charge is -2.08. The van der Waals surface area contributed by atoms with Crippen LogP contribution in [-0.4, -0.2) is 23.5 Å². The highest BCUT2D eigenvalue weighted by molar-refractivity contribution is 6.62. The summed E-state index contributed by atoms with van der Waals surface area (Å²) < 4.78 is 8.27. The van der Waals surface area contributed by atoms with Crippen molar-refractivity contribution in [2.24, 2.45) is 0 Å². The fourth-order valence-electron chi connectivity index (χ4n) is 0.930. The molecule has 0 aliphatic heterocycles. The molecular formula is C7H6BNO6. The number of rotatable bonds is 4. The molecule has 1 aromatic carbocycles. The minimum Gasteiger partial charge on any atom is -0.476 e. The Hall–Kier alpha value is -2.25. The summed E-state index contributed by atoms with van der Waals surface area (Å²) in [5, 5.41) is 17.3. The van der Waals surface area contributed by atoms with Gasteiger partial charge in [0.2, 0.25) is 0 Å². The Labute approximate surface area is 84.5 Å². The largest absolute Gasteiger partial charge is 0.603 e. The maximum Gasteiger partial charge on any atom is 0.603 e. The minimum absolute atomic E-state index is 0.247. The molecule has 1 rings (SSSR count). The smallest absolute Gasteiger partial charge is 0.476 e. The van der Waals surface area contributed by atoms with Crippen molar-refractivity contribution >= 4 is 18.7 Å². The van der Waals surface area contributed by atoms with E-state index in [1.165, 1.54) is 12.1 Å². The van der Waals surface area contributed by atoms with Crippen LogP contribution in [0.4, 0.5) is 4.79 Å². The van der Waals surface area contributed by atoms with Gasteiger partial charge in [-0.15, -0.1) is 10.1 Å². The molecule has 0 saturated heterocycles. The second-order valence-electron chi connectivity index (χ2n) is 2.46. The van der Waals surface area contributed by atoms with Crippen LogP contribution in [-0.2, 0) is 9.41 Å². The molecule has 0 aromatic heterocycles. The lowest BCUT2D eigenvalue weighted by Crippen LogP contribution is -2.40. The average molecular weight is 211 g/mol. The van der Waals surface area contributed by atoms with Crippen LogP contribution in [0.5, 0.6) is 0 Å². The molecule has 15 heavy (non-hydrogen) atoms. The first-order valence-electron chi connectivity index (χ1n) is 3.85. The van der Waals surface area contributed by atoms with Gasteiger partial charge in [-0.25, -0.2) is 4.79 Å². The van der Waals surface area contributed by atoms with Crippen molar-refractivity contribution in [1.82, 2.24) is 0 Å². The van der Waals surface area contributed by atoms with Gasteiger partial charge >= 0.3 is 13.3 Å². The van der Waals surface area contributed by atoms with Gasteiger partial charge in [-0.1, -0.05) is 30.3 Å². The molecule has 0 atom stereocenters. The predicted octanol–water partition coefficient (Wildman–Crippen LogP) is 0.285. The molecule has 0 unspecified atom stereocenters. The quantitative estimate of drug-likeness (QED) is 0.436. The molecule has 0 bridgehead atoms. The molecule has 0 radical (unpaired) electrons. The Morgan fingerprint density at radius 1 is 1.40 bits per heavy atom. The Morgan fingerprint density at radius 2 is 2.00 bits per heavy atom. The molecule has 0 aliphatic rings. The van der Waals surface area contributed by atoms with Gasteiger partial charge in [0, 0.05) is 0 Å². The summed E-state index contributed by atoms with van der Waals surface area (Å²) in [6.07, 6.45) is -1.65. The monoisotopic (exact) mass is 211 g/mol. The zero-order valence-corrected chi connectivity index (χ0v) is 7.40. The summed E-state index contributed by atoms with van der Waals surface area (Å²) in [5.41, 5.74) is 0.247. The normalized spacial score (nSPS) is 9.07. The van der Waals surface area contributed by atoms with Crippen LogP contribution in [0.25, 0.3) is 0 Å². The second kappa shape index (κ2) is 4.84. The molecule has 0 aliphatic carbocycles. The van der Waals surface area contributed by atoms with Crippen LogP contribution in [0.1, 0.15) is 0 Å². The SMILES string of the molecule is O=C(O)OB(O[N+](=O)[O-])c1ccccc1. The third kappa shape index (κ3) is 3.55. The molecule has 78 valence electrons. The standard InChI is InChI=1S/C7H6BNO6/c10-7(11)14-8(15-9(12)13)6-4-2-1-3-5-6/h1-5H,(H,10,11). The van der Waals surface area contributed by atoms with E-state index >= 15 is 0 Å². The summed E-state index contributed by atoms with van der Waals surface area (Å²) in [7, 11) is -1.56. The number of nitrogens with zero attached hydrogens (tertiary/aromatic N) is 1. The van der Waals surface area contributed by atoms with Gasteiger partial charge in [0.1, 0.15) is 0 Å². The van der Waals surface area contributed by atoms with E-state index in [4.69, 9.17) is 5.11 Å². The fraction of sp³-hybridized carbons (Fsp3) is 0. The minimum atomic E-state index is -1.65. The van der Waals surface area contributed by atoms with Crippen molar-refractivity contribution in [3.05, 3.63) is 40.4 Å². The van der Waals surface area contributed by atoms with Crippen molar-refractivity contribution in [2.75, 3.05) is 0 Å². The zero-order chi connectivity index (χ0) is 11.3. The Bertz CT molecular complexity index is 340. The molecule has 0 fully saturated rings. The number of hydrogen-bond acceptors (Lipinski definition) is 5. The summed E-state index contributed by atoms with van der Waals surface area (Å²) in [5.74, 6) is 0. The van der Waals surface area contributed by atoms with Gasteiger partial charge in [0.05, 0.1) is 0 Å². The number of hydrogen-bond donors (Lipinski definition) is 1. The Morgan fingerprint density at radius 3 is 2.47 bits per heavy atom. The topological polar surface area (TPSA) is 98.9 Å². The van der Waals surface area contributed by atoms with Gasteiger partial charge in [0.25, 0.3) is 5.09 Å². The van der Waals surface area contributed by atoms with E-state index in [1.807, 2.05) is 0 Å². The lowest BCUT2D eigenvalue weighted by molar-refractivity contribution is -0.720. The van der Waals surface area contributed by atoms with Crippen LogP contribution in [0, 0.1) is 10.1 Å². The van der Waals surface area contributed by atoms with Crippen LogP contribution < -0.4 is 5.46 Å². The van der Waals surface area contributed by atoms with Crippen molar-refractivity contribution in [2.45, 2.75) is 0 Å². The van der Waals surface area contributed by atoms with E-state index in [-0.39, 0.29) is 5.46 Å². The molecule has 0 heterocycles. The fourth-order valence-corrected chi connectivity index (χ4v) is 0.930. The number of carbonyl (C=O) groups is 1. The maximum atomic E-state index is 10.2. The van der Waals surface area contributed by atoms with Crippen LogP contribution in [0.15, 0.2) is 30.3 Å². The summed E-state index contributed by atoms with van der Waals surface area (Å²) in [6.45, 7) is 0. The van der Waals surface area contributed by atoms with E-state index in [2.05, 4.69) is 9.41 Å². The number of benzene rings is 1. The van der Waals surface area contributed by atoms with Crippen LogP contribution in [0.3, 0.4) is 0 Å². The molecular weight excluding hydrogens is 205 g/mol. The van der Waals surface area contributed by atoms with Gasteiger partial charge in [-0.3, -0.25) is 0 Å². The summed E-state index contributed by atoms with van der Waals surface area (Å²) in [4.78, 5) is 20.3. The third-order valence-corrected chi connectivity index (χ3v) is 1.46. The summed E-state index contributed by atoms with van der Waals surface area (Å²) in [6, 6.07) is 7.75. The van der Waals surface area contributed by atoms with Crippen molar-refractivity contribution in [3.63, 3.8) is 0 Å². The number of carboxylic acid groups (broad SMARTS) is 1. The van der Waals surface area contributed by atoms with Gasteiger partial charge in [-0.05, 0) is 5.46 Å². The molecule has 8 heteroatoms. The van der Waals surface area contributed by atoms with E-state index < -0.39 is 18.4 Å². The first kappa shape index (κ1) is 10.8. The lowest BCUT2D eigenvalue weighted by atomic mass is 9.79. The predicted molar refractivity (Wildman–Crippen MR) is 49.0 cm³/mol. The second-order valence-corrected chi connectivity index (χ2v) is 2.46. The first-order chi connectivity index (χ1) is 7.09. The maximum absolute atomic E-state index is 10.2. The molecule has 0 saturated carbocycles. The van der Waals surface area contributed by atoms with E-state index in [9.17, 15) is 14.9 Å². The first-order valence-corrected chi connectivity index (χ1v) is 3.85. The Balaban J connectivity index is 2.81. The summed E-state index contributed by atoms with van der Waals surface area (Å²) >= 11 is 0. The Kier molecular flexibility index (Phi) is 3.50. The highest BCUT2D eigenvalue weighted by Crippen LogP contribution is 1.94. The van der Waals surface area contributed by atoms with E-state index in [0.717, 1.165) is 0 Å². The highest BCUT2D eigenvalue weighted by Gasteiger charge is 2.28. The highest BCUT2D eigenvalue weighted by atomic mass is 17.0. The third-order valence-electron chi connectivity index (χ3n) is 1.46. The van der Waals surface area contributed by atoms with Gasteiger partial charge in [-0.2, -0.15) is 0 Å². The van der Waals surface area contributed by atoms with Crippen LogP contribution >= 0.6 is 0 Å². The molecule has 1 N–H and O–H groups in total. The van der Waals surface area contributed by atoms with E-state index in [0.29, 0.717) is 0 Å². The molecule has 1 aromatic rings. The molecule has 0 spiro atoms.